The van der Waals surface area contributed by atoms with E-state index in [1.807, 2.05) is 16.8 Å². The molecule has 3 rings (SSSR count). The third-order valence-electron chi connectivity index (χ3n) is 6.25. The van der Waals surface area contributed by atoms with Crippen molar-refractivity contribution in [2.45, 2.75) is 51.0 Å². The highest BCUT2D eigenvalue weighted by molar-refractivity contribution is 5.85. The number of carbonyl (C=O) groups is 2. The Balaban J connectivity index is 0.00000243. The minimum atomic E-state index is 0. The van der Waals surface area contributed by atoms with Crippen LogP contribution in [0.3, 0.4) is 0 Å². The van der Waals surface area contributed by atoms with Crippen LogP contribution in [0, 0.1) is 5.92 Å². The number of piperazine rings is 1. The van der Waals surface area contributed by atoms with Gasteiger partial charge >= 0.3 is 0 Å². The summed E-state index contributed by atoms with van der Waals surface area (Å²) in [5.41, 5.74) is 0. The van der Waals surface area contributed by atoms with Crippen LogP contribution in [-0.4, -0.2) is 85.4 Å². The summed E-state index contributed by atoms with van der Waals surface area (Å²) in [6.07, 6.45) is 8.04. The Morgan fingerprint density at radius 1 is 0.962 bits per heavy atom. The van der Waals surface area contributed by atoms with Gasteiger partial charge in [0.05, 0.1) is 6.54 Å². The largest absolute Gasteiger partial charge is 0.342 e. The van der Waals surface area contributed by atoms with Crippen LogP contribution in [0.2, 0.25) is 0 Å². The first-order valence-electron chi connectivity index (χ1n) is 10.1. The summed E-state index contributed by atoms with van der Waals surface area (Å²) >= 11 is 0. The second-order valence-electron chi connectivity index (χ2n) is 7.92. The zero-order valence-corrected chi connectivity index (χ0v) is 16.9. The summed E-state index contributed by atoms with van der Waals surface area (Å²) in [6, 6.07) is 0.434. The Morgan fingerprint density at radius 2 is 1.58 bits per heavy atom. The fourth-order valence-electron chi connectivity index (χ4n) is 4.43. The predicted molar refractivity (Wildman–Crippen MR) is 106 cm³/mol. The normalized spacial score (nSPS) is 23.3. The molecule has 0 aromatic carbocycles. The lowest BCUT2D eigenvalue weighted by molar-refractivity contribution is -0.139. The van der Waals surface area contributed by atoms with Gasteiger partial charge in [0.25, 0.3) is 0 Å². The summed E-state index contributed by atoms with van der Waals surface area (Å²) in [4.78, 5) is 31.4. The molecule has 3 aliphatic rings. The molecule has 0 aromatic heterocycles. The molecule has 2 amide bonds. The molecule has 150 valence electrons. The van der Waals surface area contributed by atoms with Crippen molar-refractivity contribution in [1.82, 2.24) is 20.0 Å². The molecule has 1 N–H and O–H groups in total. The van der Waals surface area contributed by atoms with Crippen molar-refractivity contribution in [2.24, 2.45) is 5.92 Å². The van der Waals surface area contributed by atoms with Crippen LogP contribution in [0.4, 0.5) is 0 Å². The van der Waals surface area contributed by atoms with Crippen LogP contribution >= 0.6 is 12.4 Å². The smallest absolute Gasteiger partial charge is 0.236 e. The Morgan fingerprint density at radius 3 is 2.19 bits per heavy atom. The average Bonchev–Trinajstić information content (AvgIpc) is 2.68. The van der Waals surface area contributed by atoms with Crippen LogP contribution in [0.25, 0.3) is 0 Å². The van der Waals surface area contributed by atoms with Crippen molar-refractivity contribution >= 4 is 24.2 Å². The fourth-order valence-corrected chi connectivity index (χ4v) is 4.43. The SMILES string of the molecule is CN(C(=O)CN1CCN(C(=O)C2CCNCC2)CC1)C1CCCCC1.Cl. The first-order chi connectivity index (χ1) is 12.1. The van der Waals surface area contributed by atoms with E-state index in [0.29, 0.717) is 18.5 Å². The van der Waals surface area contributed by atoms with Gasteiger partial charge in [-0.2, -0.15) is 0 Å². The maximum Gasteiger partial charge on any atom is 0.236 e. The van der Waals surface area contributed by atoms with Gasteiger partial charge in [0.1, 0.15) is 0 Å². The Kier molecular flexibility index (Phi) is 8.64. The number of nitrogens with zero attached hydrogens (tertiary/aromatic N) is 3. The van der Waals surface area contributed by atoms with Crippen LogP contribution in [-0.2, 0) is 9.59 Å². The molecule has 0 atom stereocenters. The zero-order valence-electron chi connectivity index (χ0n) is 16.1. The summed E-state index contributed by atoms with van der Waals surface area (Å²) in [5, 5.41) is 3.32. The highest BCUT2D eigenvalue weighted by Gasteiger charge is 2.30. The molecule has 0 aromatic rings. The number of nitrogens with one attached hydrogen (secondary N) is 1. The highest BCUT2D eigenvalue weighted by Crippen LogP contribution is 2.22. The van der Waals surface area contributed by atoms with Crippen LogP contribution in [0.5, 0.6) is 0 Å². The number of hydrogen-bond donors (Lipinski definition) is 1. The summed E-state index contributed by atoms with van der Waals surface area (Å²) in [7, 11) is 1.97. The maximum atomic E-state index is 12.6. The molecule has 0 spiro atoms. The van der Waals surface area contributed by atoms with Gasteiger partial charge in [-0.3, -0.25) is 14.5 Å². The molecule has 1 aliphatic carbocycles. The minimum Gasteiger partial charge on any atom is -0.342 e. The van der Waals surface area contributed by atoms with Gasteiger partial charge in [0, 0.05) is 45.2 Å². The Bertz CT molecular complexity index is 456. The van der Waals surface area contributed by atoms with E-state index in [0.717, 1.165) is 65.0 Å². The van der Waals surface area contributed by atoms with E-state index in [1.165, 1.54) is 19.3 Å². The van der Waals surface area contributed by atoms with Crippen molar-refractivity contribution in [2.75, 3.05) is 52.9 Å². The molecule has 2 heterocycles. The van der Waals surface area contributed by atoms with Gasteiger partial charge < -0.3 is 15.1 Å². The van der Waals surface area contributed by atoms with Crippen molar-refractivity contribution in [3.05, 3.63) is 0 Å². The molecule has 1 saturated carbocycles. The van der Waals surface area contributed by atoms with Crippen LogP contribution in [0.15, 0.2) is 0 Å². The first-order valence-corrected chi connectivity index (χ1v) is 10.1. The highest BCUT2D eigenvalue weighted by atomic mass is 35.5. The predicted octanol–water partition coefficient (Wildman–Crippen LogP) is 1.34. The van der Waals surface area contributed by atoms with E-state index in [4.69, 9.17) is 0 Å². The summed E-state index contributed by atoms with van der Waals surface area (Å²) < 4.78 is 0. The molecule has 6 nitrogen and oxygen atoms in total. The van der Waals surface area contributed by atoms with Gasteiger partial charge in [-0.05, 0) is 38.8 Å². The second kappa shape index (κ2) is 10.5. The van der Waals surface area contributed by atoms with Gasteiger partial charge in [-0.1, -0.05) is 19.3 Å². The maximum absolute atomic E-state index is 12.6. The first kappa shape index (κ1) is 21.5. The number of likely N-dealkylation sites (N-methyl/N-ethyl adjacent to an activating group) is 1. The standard InChI is InChI=1S/C19H34N4O2.ClH/c1-21(17-5-3-2-4-6-17)18(24)15-22-11-13-23(14-12-22)19(25)16-7-9-20-10-8-16;/h16-17,20H,2-15H2,1H3;1H. The monoisotopic (exact) mass is 386 g/mol. The molecule has 0 radical (unpaired) electrons. The minimum absolute atomic E-state index is 0. The number of piperidine rings is 1. The molecule has 3 fully saturated rings. The summed E-state index contributed by atoms with van der Waals surface area (Å²) in [5.74, 6) is 0.767. The lowest BCUT2D eigenvalue weighted by Gasteiger charge is -2.38. The van der Waals surface area contributed by atoms with Crippen molar-refractivity contribution in [3.63, 3.8) is 0 Å². The Hall–Kier alpha value is -0.850. The van der Waals surface area contributed by atoms with Crippen LogP contribution < -0.4 is 5.32 Å². The number of rotatable bonds is 4. The van der Waals surface area contributed by atoms with E-state index in [-0.39, 0.29) is 24.2 Å². The van der Waals surface area contributed by atoms with Crippen molar-refractivity contribution in [3.8, 4) is 0 Å². The number of carbonyl (C=O) groups excluding carboxylic acids is 2. The van der Waals surface area contributed by atoms with Gasteiger partial charge in [0.2, 0.25) is 11.8 Å². The van der Waals surface area contributed by atoms with E-state index >= 15 is 0 Å². The van der Waals surface area contributed by atoms with E-state index < -0.39 is 0 Å². The fraction of sp³-hybridized carbons (Fsp3) is 0.895. The molecule has 7 heteroatoms. The summed E-state index contributed by atoms with van der Waals surface area (Å²) in [6.45, 7) is 5.59. The van der Waals surface area contributed by atoms with Crippen LogP contribution in [0.1, 0.15) is 44.9 Å². The quantitative estimate of drug-likeness (QED) is 0.792. The molecule has 2 saturated heterocycles. The average molecular weight is 387 g/mol. The lowest BCUT2D eigenvalue weighted by atomic mass is 9.94. The third kappa shape index (κ3) is 5.57. The number of amides is 2. The molecule has 0 bridgehead atoms. The topological polar surface area (TPSA) is 55.9 Å². The van der Waals surface area contributed by atoms with E-state index in [2.05, 4.69) is 10.2 Å². The lowest BCUT2D eigenvalue weighted by Crippen LogP contribution is -2.53. The Labute approximate surface area is 164 Å². The van der Waals surface area contributed by atoms with E-state index in [9.17, 15) is 9.59 Å². The zero-order chi connectivity index (χ0) is 17.6. The van der Waals surface area contributed by atoms with Gasteiger partial charge in [-0.25, -0.2) is 0 Å². The third-order valence-corrected chi connectivity index (χ3v) is 6.25. The molecule has 26 heavy (non-hydrogen) atoms. The number of hydrogen-bond acceptors (Lipinski definition) is 4. The van der Waals surface area contributed by atoms with Crippen molar-refractivity contribution < 1.29 is 9.59 Å². The molecular formula is C19H35ClN4O2. The molecule has 2 aliphatic heterocycles. The molecule has 0 unspecified atom stereocenters. The van der Waals surface area contributed by atoms with Gasteiger partial charge in [0.15, 0.2) is 0 Å². The second-order valence-corrected chi connectivity index (χ2v) is 7.92. The molecular weight excluding hydrogens is 352 g/mol. The number of halogens is 1. The van der Waals surface area contributed by atoms with Crippen molar-refractivity contribution in [1.29, 1.82) is 0 Å². The van der Waals surface area contributed by atoms with Gasteiger partial charge in [-0.15, -0.1) is 12.4 Å². The van der Waals surface area contributed by atoms with E-state index in [1.54, 1.807) is 0 Å².